The lowest BCUT2D eigenvalue weighted by molar-refractivity contribution is -0.129. The second-order valence-corrected chi connectivity index (χ2v) is 6.67. The monoisotopic (exact) mass is 399 g/mol. The van der Waals surface area contributed by atoms with Crippen molar-refractivity contribution in [1.29, 1.82) is 0 Å². The predicted molar refractivity (Wildman–Crippen MR) is 110 cm³/mol. The molecule has 0 aliphatic carbocycles. The summed E-state index contributed by atoms with van der Waals surface area (Å²) in [5.74, 6) is 0.836. The van der Waals surface area contributed by atoms with E-state index in [1.54, 1.807) is 18.2 Å². The van der Waals surface area contributed by atoms with Crippen molar-refractivity contribution in [2.45, 2.75) is 27.2 Å². The molecular weight excluding hydrogens is 378 g/mol. The molecule has 0 fully saturated rings. The zero-order valence-corrected chi connectivity index (χ0v) is 16.9. The maximum atomic E-state index is 12.3. The van der Waals surface area contributed by atoms with Crippen molar-refractivity contribution in [1.82, 2.24) is 0 Å². The molecule has 0 spiro atoms. The van der Waals surface area contributed by atoms with Gasteiger partial charge in [-0.25, -0.2) is 9.79 Å². The van der Waals surface area contributed by atoms with Crippen molar-refractivity contribution in [3.05, 3.63) is 63.8 Å². The van der Waals surface area contributed by atoms with Gasteiger partial charge in [0, 0.05) is 5.56 Å². The summed E-state index contributed by atoms with van der Waals surface area (Å²) in [5.41, 5.74) is 2.66. The van der Waals surface area contributed by atoms with Crippen LogP contribution in [0.15, 0.2) is 47.1 Å². The molecule has 0 aromatic heterocycles. The Hall–Kier alpha value is -2.79. The third-order valence-corrected chi connectivity index (χ3v) is 4.36. The minimum absolute atomic E-state index is 0.207. The first kappa shape index (κ1) is 20.0. The number of cyclic esters (lactones) is 1. The lowest BCUT2D eigenvalue weighted by atomic mass is 10.1. The van der Waals surface area contributed by atoms with Gasteiger partial charge in [0.1, 0.15) is 0 Å². The first-order valence-corrected chi connectivity index (χ1v) is 9.59. The van der Waals surface area contributed by atoms with Gasteiger partial charge in [0.05, 0.1) is 18.2 Å². The van der Waals surface area contributed by atoms with E-state index in [9.17, 15) is 4.79 Å². The third-order valence-electron chi connectivity index (χ3n) is 4.08. The Morgan fingerprint density at radius 1 is 1.18 bits per heavy atom. The molecule has 28 heavy (non-hydrogen) atoms. The fourth-order valence-electron chi connectivity index (χ4n) is 2.77. The minimum Gasteiger partial charge on any atom is -0.490 e. The molecule has 1 aliphatic rings. The second-order valence-electron chi connectivity index (χ2n) is 6.26. The highest BCUT2D eigenvalue weighted by molar-refractivity contribution is 6.32. The van der Waals surface area contributed by atoms with Crippen LogP contribution in [0.1, 0.15) is 37.0 Å². The molecule has 0 N–H and O–H groups in total. The number of hydrogen-bond acceptors (Lipinski definition) is 5. The Morgan fingerprint density at radius 3 is 2.68 bits per heavy atom. The van der Waals surface area contributed by atoms with Crippen LogP contribution in [-0.2, 0) is 9.53 Å². The van der Waals surface area contributed by atoms with Crippen LogP contribution in [0.25, 0.3) is 6.08 Å². The van der Waals surface area contributed by atoms with E-state index in [0.29, 0.717) is 41.2 Å². The van der Waals surface area contributed by atoms with Gasteiger partial charge < -0.3 is 14.2 Å². The van der Waals surface area contributed by atoms with E-state index in [2.05, 4.69) is 4.99 Å². The molecule has 6 heteroatoms. The summed E-state index contributed by atoms with van der Waals surface area (Å²) in [6.07, 6.45) is 2.49. The van der Waals surface area contributed by atoms with Crippen LogP contribution in [0, 0.1) is 6.92 Å². The lowest BCUT2D eigenvalue weighted by Gasteiger charge is -2.14. The summed E-state index contributed by atoms with van der Waals surface area (Å²) in [4.78, 5) is 16.6. The number of carbonyl (C=O) groups excluding carboxylic acids is 1. The minimum atomic E-state index is -0.501. The number of hydrogen-bond donors (Lipinski definition) is 0. The molecule has 2 aromatic carbocycles. The second kappa shape index (κ2) is 8.93. The molecule has 0 saturated heterocycles. The zero-order valence-electron chi connectivity index (χ0n) is 16.1. The summed E-state index contributed by atoms with van der Waals surface area (Å²) in [5, 5.41) is 0.417. The normalized spacial score (nSPS) is 14.8. The van der Waals surface area contributed by atoms with Crippen LogP contribution in [0.4, 0.5) is 0 Å². The van der Waals surface area contributed by atoms with Crippen molar-refractivity contribution in [3.8, 4) is 11.5 Å². The van der Waals surface area contributed by atoms with Crippen LogP contribution in [0.2, 0.25) is 5.02 Å². The van der Waals surface area contributed by atoms with E-state index >= 15 is 0 Å². The van der Waals surface area contributed by atoms with Crippen LogP contribution in [-0.4, -0.2) is 25.1 Å². The van der Waals surface area contributed by atoms with E-state index in [1.807, 2.05) is 45.0 Å². The van der Waals surface area contributed by atoms with Gasteiger partial charge in [-0.3, -0.25) is 0 Å². The van der Waals surface area contributed by atoms with Crippen LogP contribution >= 0.6 is 11.6 Å². The van der Waals surface area contributed by atoms with Gasteiger partial charge in [-0.1, -0.05) is 36.7 Å². The van der Waals surface area contributed by atoms with Gasteiger partial charge in [0.2, 0.25) is 5.90 Å². The first-order valence-electron chi connectivity index (χ1n) is 9.21. The number of halogens is 1. The SMILES string of the molecule is CCCOc1c(Cl)cc(/C=C2\N=C(c3ccccc3C)OC2=O)cc1OCC. The molecular formula is C22H22ClNO4. The third kappa shape index (κ3) is 4.37. The zero-order chi connectivity index (χ0) is 20.1. The fraction of sp³-hybridized carbons (Fsp3) is 0.273. The highest BCUT2D eigenvalue weighted by Gasteiger charge is 2.25. The summed E-state index contributed by atoms with van der Waals surface area (Å²) in [6.45, 7) is 6.85. The molecule has 3 rings (SSSR count). The Kier molecular flexibility index (Phi) is 6.37. The molecule has 0 atom stereocenters. The topological polar surface area (TPSA) is 57.1 Å². The Balaban J connectivity index is 1.96. The average molecular weight is 400 g/mol. The van der Waals surface area contributed by atoms with E-state index in [-0.39, 0.29) is 5.70 Å². The van der Waals surface area contributed by atoms with Crippen molar-refractivity contribution < 1.29 is 19.0 Å². The van der Waals surface area contributed by atoms with Crippen LogP contribution < -0.4 is 9.47 Å². The Labute approximate surface area is 169 Å². The van der Waals surface area contributed by atoms with Gasteiger partial charge >= 0.3 is 5.97 Å². The molecule has 1 heterocycles. The molecule has 5 nitrogen and oxygen atoms in total. The molecule has 0 bridgehead atoms. The van der Waals surface area contributed by atoms with Gasteiger partial charge in [0.15, 0.2) is 17.2 Å². The van der Waals surface area contributed by atoms with Gasteiger partial charge in [0.25, 0.3) is 0 Å². The lowest BCUT2D eigenvalue weighted by Crippen LogP contribution is -2.06. The summed E-state index contributed by atoms with van der Waals surface area (Å²) in [6, 6.07) is 11.1. The highest BCUT2D eigenvalue weighted by Crippen LogP contribution is 2.37. The van der Waals surface area contributed by atoms with Crippen molar-refractivity contribution in [3.63, 3.8) is 0 Å². The van der Waals surface area contributed by atoms with E-state index in [0.717, 1.165) is 17.5 Å². The van der Waals surface area contributed by atoms with E-state index in [1.165, 1.54) is 0 Å². The number of carbonyl (C=O) groups is 1. The van der Waals surface area contributed by atoms with Crippen molar-refractivity contribution in [2.24, 2.45) is 4.99 Å². The number of esters is 1. The average Bonchev–Trinajstić information content (AvgIpc) is 3.02. The molecule has 0 amide bonds. The number of ether oxygens (including phenoxy) is 3. The fourth-order valence-corrected chi connectivity index (χ4v) is 3.05. The van der Waals surface area contributed by atoms with Crippen molar-refractivity contribution in [2.75, 3.05) is 13.2 Å². The van der Waals surface area contributed by atoms with Crippen LogP contribution in [0.3, 0.4) is 0 Å². The molecule has 2 aromatic rings. The number of rotatable bonds is 7. The number of nitrogens with zero attached hydrogens (tertiary/aromatic N) is 1. The molecule has 0 unspecified atom stereocenters. The maximum Gasteiger partial charge on any atom is 0.363 e. The van der Waals surface area contributed by atoms with Crippen LogP contribution in [0.5, 0.6) is 11.5 Å². The smallest absolute Gasteiger partial charge is 0.363 e. The standard InChI is InChI=1S/C22H22ClNO4/c1-4-10-27-20-17(23)11-15(13-19(20)26-5-2)12-18-22(25)28-21(24-18)16-9-7-6-8-14(16)3/h6-9,11-13H,4-5,10H2,1-3H3/b18-12-. The summed E-state index contributed by atoms with van der Waals surface area (Å²) in [7, 11) is 0. The van der Waals surface area contributed by atoms with E-state index < -0.39 is 5.97 Å². The van der Waals surface area contributed by atoms with Crippen molar-refractivity contribution >= 4 is 29.5 Å². The molecule has 0 radical (unpaired) electrons. The summed E-state index contributed by atoms with van der Waals surface area (Å²) >= 11 is 6.39. The predicted octanol–water partition coefficient (Wildman–Crippen LogP) is 5.18. The number of aliphatic imine (C=N–C) groups is 1. The highest BCUT2D eigenvalue weighted by atomic mass is 35.5. The number of benzene rings is 2. The van der Waals surface area contributed by atoms with Gasteiger partial charge in [-0.2, -0.15) is 0 Å². The van der Waals surface area contributed by atoms with Gasteiger partial charge in [-0.15, -0.1) is 0 Å². The number of aryl methyl sites for hydroxylation is 1. The maximum absolute atomic E-state index is 12.3. The van der Waals surface area contributed by atoms with Gasteiger partial charge in [-0.05, 0) is 55.7 Å². The molecule has 146 valence electrons. The Morgan fingerprint density at radius 2 is 1.96 bits per heavy atom. The quantitative estimate of drug-likeness (QED) is 0.475. The van der Waals surface area contributed by atoms with E-state index in [4.69, 9.17) is 25.8 Å². The Bertz CT molecular complexity index is 950. The molecule has 1 aliphatic heterocycles. The first-order chi connectivity index (χ1) is 13.5. The largest absolute Gasteiger partial charge is 0.490 e. The molecule has 0 saturated carbocycles. The summed E-state index contributed by atoms with van der Waals surface area (Å²) < 4.78 is 16.7.